The SMILES string of the molecule is CCC1=NNS(=O)(=O)c2c1ccc(Cl)c2Cl. The molecule has 2 rings (SSSR count). The lowest BCUT2D eigenvalue weighted by Crippen LogP contribution is -2.28. The van der Waals surface area contributed by atoms with Gasteiger partial charge in [-0.1, -0.05) is 36.2 Å². The molecule has 1 N–H and O–H groups in total. The van der Waals surface area contributed by atoms with Crippen LogP contribution in [0.5, 0.6) is 0 Å². The van der Waals surface area contributed by atoms with Gasteiger partial charge in [0, 0.05) is 5.56 Å². The molecule has 16 heavy (non-hydrogen) atoms. The molecule has 0 radical (unpaired) electrons. The van der Waals surface area contributed by atoms with E-state index >= 15 is 0 Å². The van der Waals surface area contributed by atoms with Gasteiger partial charge in [0.25, 0.3) is 10.0 Å². The van der Waals surface area contributed by atoms with Crippen LogP contribution in [0.25, 0.3) is 0 Å². The van der Waals surface area contributed by atoms with Crippen LogP contribution < -0.4 is 4.83 Å². The number of benzene rings is 1. The van der Waals surface area contributed by atoms with E-state index in [0.29, 0.717) is 17.7 Å². The zero-order chi connectivity index (χ0) is 11.9. The first-order valence-electron chi connectivity index (χ1n) is 4.54. The summed E-state index contributed by atoms with van der Waals surface area (Å²) in [5.41, 5.74) is 1.15. The standard InChI is InChI=1S/C9H8Cl2N2O2S/c1-2-7-5-3-4-6(10)8(11)9(5)16(14,15)13-12-7/h3-4,13H,2H2,1H3. The minimum atomic E-state index is -3.69. The van der Waals surface area contributed by atoms with Crippen LogP contribution >= 0.6 is 23.2 Å². The summed E-state index contributed by atoms with van der Waals surface area (Å²) in [6.45, 7) is 1.88. The molecule has 0 aromatic heterocycles. The molecule has 1 aliphatic rings. The van der Waals surface area contributed by atoms with E-state index < -0.39 is 10.0 Å². The first-order chi connectivity index (χ1) is 7.47. The van der Waals surface area contributed by atoms with Crippen molar-refractivity contribution in [2.75, 3.05) is 0 Å². The number of rotatable bonds is 1. The van der Waals surface area contributed by atoms with Crippen molar-refractivity contribution in [3.63, 3.8) is 0 Å². The first kappa shape index (κ1) is 11.7. The van der Waals surface area contributed by atoms with Crippen LogP contribution in [0, 0.1) is 0 Å². The number of sulfonamides is 1. The Morgan fingerprint density at radius 2 is 2.06 bits per heavy atom. The Hall–Kier alpha value is -0.780. The lowest BCUT2D eigenvalue weighted by atomic mass is 10.1. The molecule has 1 aromatic rings. The molecule has 0 fully saturated rings. The zero-order valence-corrected chi connectivity index (χ0v) is 10.6. The van der Waals surface area contributed by atoms with Gasteiger partial charge in [-0.05, 0) is 12.5 Å². The average molecular weight is 279 g/mol. The van der Waals surface area contributed by atoms with Crippen molar-refractivity contribution in [1.29, 1.82) is 0 Å². The van der Waals surface area contributed by atoms with Crippen molar-refractivity contribution in [3.05, 3.63) is 27.7 Å². The highest BCUT2D eigenvalue weighted by Gasteiger charge is 2.29. The topological polar surface area (TPSA) is 58.5 Å². The maximum atomic E-state index is 11.7. The summed E-state index contributed by atoms with van der Waals surface area (Å²) >= 11 is 11.7. The number of hydrogen-bond donors (Lipinski definition) is 1. The maximum absolute atomic E-state index is 11.7. The first-order valence-corrected chi connectivity index (χ1v) is 6.78. The third kappa shape index (κ3) is 1.69. The van der Waals surface area contributed by atoms with Crippen molar-refractivity contribution in [3.8, 4) is 0 Å². The molecule has 1 heterocycles. The van der Waals surface area contributed by atoms with Gasteiger partial charge >= 0.3 is 0 Å². The Bertz CT molecular complexity index is 581. The summed E-state index contributed by atoms with van der Waals surface area (Å²) in [4.78, 5) is 2.11. The van der Waals surface area contributed by atoms with Crippen LogP contribution in [-0.2, 0) is 10.0 Å². The smallest absolute Gasteiger partial charge is 0.200 e. The van der Waals surface area contributed by atoms with Crippen LogP contribution in [0.15, 0.2) is 22.1 Å². The van der Waals surface area contributed by atoms with Crippen LogP contribution in [0.2, 0.25) is 10.0 Å². The van der Waals surface area contributed by atoms with Gasteiger partial charge in [0.1, 0.15) is 4.90 Å². The van der Waals surface area contributed by atoms with Gasteiger partial charge in [-0.2, -0.15) is 18.4 Å². The zero-order valence-electron chi connectivity index (χ0n) is 8.29. The van der Waals surface area contributed by atoms with E-state index in [0.717, 1.165) is 0 Å². The van der Waals surface area contributed by atoms with E-state index in [1.807, 2.05) is 6.92 Å². The summed E-state index contributed by atoms with van der Waals surface area (Å²) in [5, 5.41) is 4.04. The summed E-state index contributed by atoms with van der Waals surface area (Å²) < 4.78 is 23.5. The summed E-state index contributed by atoms with van der Waals surface area (Å²) in [5.74, 6) is 0. The number of hydrogen-bond acceptors (Lipinski definition) is 3. The highest BCUT2D eigenvalue weighted by molar-refractivity contribution is 7.89. The van der Waals surface area contributed by atoms with Gasteiger partial charge in [0.15, 0.2) is 0 Å². The van der Waals surface area contributed by atoms with Crippen molar-refractivity contribution in [1.82, 2.24) is 4.83 Å². The molecule has 86 valence electrons. The predicted octanol–water partition coefficient (Wildman–Crippen LogP) is 2.40. The number of hydrazone groups is 1. The number of fused-ring (bicyclic) bond motifs is 1. The van der Waals surface area contributed by atoms with Crippen LogP contribution in [-0.4, -0.2) is 14.1 Å². The van der Waals surface area contributed by atoms with E-state index in [9.17, 15) is 8.42 Å². The second-order valence-electron chi connectivity index (χ2n) is 3.24. The largest absolute Gasteiger partial charge is 0.278 e. The van der Waals surface area contributed by atoms with Gasteiger partial charge in [0.2, 0.25) is 0 Å². The average Bonchev–Trinajstić information content (AvgIpc) is 2.23. The number of nitrogens with zero attached hydrogens (tertiary/aromatic N) is 1. The molecule has 0 aliphatic carbocycles. The van der Waals surface area contributed by atoms with Gasteiger partial charge in [0.05, 0.1) is 15.8 Å². The molecule has 0 atom stereocenters. The van der Waals surface area contributed by atoms with Crippen molar-refractivity contribution < 1.29 is 8.42 Å². The monoisotopic (exact) mass is 278 g/mol. The van der Waals surface area contributed by atoms with E-state index in [1.165, 1.54) is 0 Å². The fraction of sp³-hybridized carbons (Fsp3) is 0.222. The molecular weight excluding hydrogens is 271 g/mol. The Morgan fingerprint density at radius 3 is 2.69 bits per heavy atom. The summed E-state index contributed by atoms with van der Waals surface area (Å²) in [6.07, 6.45) is 0.605. The van der Waals surface area contributed by atoms with E-state index in [4.69, 9.17) is 23.2 Å². The molecule has 0 spiro atoms. The Kier molecular flexibility index (Phi) is 2.86. The Labute approximate surface area is 103 Å². The molecular formula is C9H8Cl2N2O2S. The van der Waals surface area contributed by atoms with Crippen molar-refractivity contribution in [2.45, 2.75) is 18.2 Å². The molecule has 1 aliphatic heterocycles. The maximum Gasteiger partial charge on any atom is 0.278 e. The molecule has 1 aromatic carbocycles. The van der Waals surface area contributed by atoms with Crippen LogP contribution in [0.3, 0.4) is 0 Å². The molecule has 0 amide bonds. The highest BCUT2D eigenvalue weighted by Crippen LogP contribution is 2.34. The normalized spacial score (nSPS) is 17.3. The molecule has 0 bridgehead atoms. The van der Waals surface area contributed by atoms with Crippen molar-refractivity contribution >= 4 is 38.9 Å². The van der Waals surface area contributed by atoms with E-state index in [2.05, 4.69) is 9.93 Å². The Balaban J connectivity index is 2.83. The number of halogens is 2. The summed E-state index contributed by atoms with van der Waals surface area (Å²) in [7, 11) is -3.69. The fourth-order valence-electron chi connectivity index (χ4n) is 1.51. The quantitative estimate of drug-likeness (QED) is 0.858. The lowest BCUT2D eigenvalue weighted by molar-refractivity contribution is 0.582. The molecule has 0 saturated carbocycles. The third-order valence-electron chi connectivity index (χ3n) is 2.27. The lowest BCUT2D eigenvalue weighted by Gasteiger charge is -2.18. The van der Waals surface area contributed by atoms with Crippen LogP contribution in [0.1, 0.15) is 18.9 Å². The van der Waals surface area contributed by atoms with Crippen LogP contribution in [0.4, 0.5) is 0 Å². The minimum absolute atomic E-state index is 0.00789. The molecule has 4 nitrogen and oxygen atoms in total. The molecule has 0 saturated heterocycles. The molecule has 7 heteroatoms. The van der Waals surface area contributed by atoms with Gasteiger partial charge in [-0.15, -0.1) is 0 Å². The Morgan fingerprint density at radius 1 is 1.38 bits per heavy atom. The van der Waals surface area contributed by atoms with E-state index in [1.54, 1.807) is 12.1 Å². The molecule has 0 unspecified atom stereocenters. The summed E-state index contributed by atoms with van der Waals surface area (Å²) in [6, 6.07) is 3.18. The second kappa shape index (κ2) is 3.91. The second-order valence-corrected chi connectivity index (χ2v) is 5.63. The number of nitrogens with one attached hydrogen (secondary N) is 1. The highest BCUT2D eigenvalue weighted by atomic mass is 35.5. The predicted molar refractivity (Wildman–Crippen MR) is 63.6 cm³/mol. The fourth-order valence-corrected chi connectivity index (χ4v) is 3.34. The third-order valence-corrected chi connectivity index (χ3v) is 4.47. The van der Waals surface area contributed by atoms with Gasteiger partial charge < -0.3 is 0 Å². The van der Waals surface area contributed by atoms with Gasteiger partial charge in [-0.25, -0.2) is 0 Å². The minimum Gasteiger partial charge on any atom is -0.200 e. The van der Waals surface area contributed by atoms with Gasteiger partial charge in [-0.3, -0.25) is 0 Å². The van der Waals surface area contributed by atoms with E-state index in [-0.39, 0.29) is 14.9 Å². The van der Waals surface area contributed by atoms with Crippen molar-refractivity contribution in [2.24, 2.45) is 5.10 Å².